The highest BCUT2D eigenvalue weighted by Crippen LogP contribution is 2.38. The molecular formula is C22H20BrFN2O2S. The average molecular weight is 475 g/mol. The Balaban J connectivity index is 1.70. The summed E-state index contributed by atoms with van der Waals surface area (Å²) in [5, 5.41) is 0.637. The first-order valence-electron chi connectivity index (χ1n) is 9.69. The minimum absolute atomic E-state index is 0.187. The zero-order chi connectivity index (χ0) is 20.2. The van der Waals surface area contributed by atoms with Crippen LogP contribution < -0.4 is 0 Å². The van der Waals surface area contributed by atoms with Gasteiger partial charge < -0.3 is 0 Å². The molecule has 29 heavy (non-hydrogen) atoms. The van der Waals surface area contributed by atoms with Crippen LogP contribution in [0.5, 0.6) is 0 Å². The second-order valence-corrected chi connectivity index (χ2v) is 10.3. The largest absolute Gasteiger partial charge is 0.296 e. The quantitative estimate of drug-likeness (QED) is 0.534. The molecule has 0 unspecified atom stereocenters. The van der Waals surface area contributed by atoms with Crippen molar-refractivity contribution in [1.29, 1.82) is 0 Å². The predicted octanol–water partition coefficient (Wildman–Crippen LogP) is 5.03. The van der Waals surface area contributed by atoms with Crippen molar-refractivity contribution in [2.24, 2.45) is 0 Å². The topological polar surface area (TPSA) is 42.3 Å². The lowest BCUT2D eigenvalue weighted by Gasteiger charge is -2.29. The Labute approximate surface area is 177 Å². The van der Waals surface area contributed by atoms with Gasteiger partial charge in [0, 0.05) is 34.2 Å². The monoisotopic (exact) mass is 474 g/mol. The van der Waals surface area contributed by atoms with E-state index in [1.54, 1.807) is 36.5 Å². The Morgan fingerprint density at radius 2 is 1.97 bits per heavy atom. The molecule has 0 aliphatic carbocycles. The van der Waals surface area contributed by atoms with E-state index >= 15 is 0 Å². The van der Waals surface area contributed by atoms with Crippen LogP contribution in [0.15, 0.2) is 64.1 Å². The first-order valence-corrected chi connectivity index (χ1v) is 11.9. The number of benzene rings is 2. The molecule has 1 fully saturated rings. The third kappa shape index (κ3) is 3.16. The van der Waals surface area contributed by atoms with E-state index < -0.39 is 10.0 Å². The molecule has 0 N–H and O–H groups in total. The van der Waals surface area contributed by atoms with Crippen LogP contribution in [-0.4, -0.2) is 36.4 Å². The molecule has 2 aromatic carbocycles. The number of rotatable bonds is 3. The molecule has 3 aromatic rings. The van der Waals surface area contributed by atoms with E-state index in [0.717, 1.165) is 37.1 Å². The molecule has 3 heterocycles. The maximum atomic E-state index is 14.1. The van der Waals surface area contributed by atoms with Gasteiger partial charge in [-0.25, -0.2) is 16.8 Å². The van der Waals surface area contributed by atoms with Crippen molar-refractivity contribution >= 4 is 42.4 Å². The van der Waals surface area contributed by atoms with Crippen LogP contribution >= 0.6 is 15.9 Å². The Kier molecular flexibility index (Phi) is 4.64. The van der Waals surface area contributed by atoms with Gasteiger partial charge in [0.1, 0.15) is 10.7 Å². The molecule has 150 valence electrons. The molecule has 1 saturated heterocycles. The van der Waals surface area contributed by atoms with Gasteiger partial charge in [0.25, 0.3) is 10.0 Å². The lowest BCUT2D eigenvalue weighted by Crippen LogP contribution is -2.32. The Bertz CT molecular complexity index is 1250. The molecule has 1 atom stereocenters. The summed E-state index contributed by atoms with van der Waals surface area (Å²) in [5.41, 5.74) is 2.40. The highest BCUT2D eigenvalue weighted by Gasteiger charge is 2.30. The van der Waals surface area contributed by atoms with Gasteiger partial charge in [-0.2, -0.15) is 0 Å². The molecule has 7 heteroatoms. The molecular weight excluding hydrogens is 455 g/mol. The number of halogens is 2. The van der Waals surface area contributed by atoms with Crippen molar-refractivity contribution in [3.63, 3.8) is 0 Å². The van der Waals surface area contributed by atoms with Gasteiger partial charge in [0.05, 0.1) is 5.52 Å². The Hall–Kier alpha value is -1.96. The average Bonchev–Trinajstić information content (AvgIpc) is 3.32. The molecule has 4 nitrogen and oxygen atoms in total. The third-order valence-corrected chi connectivity index (χ3v) is 8.66. The van der Waals surface area contributed by atoms with Gasteiger partial charge in [-0.05, 0) is 77.6 Å². The summed E-state index contributed by atoms with van der Waals surface area (Å²) in [6, 6.07) is 11.5. The molecule has 0 radical (unpaired) electrons. The molecule has 0 amide bonds. The SMILES string of the molecule is O=S(=O)(c1ccccc1Br)n1cc(C2=CCN3CCC[C@@H]3C2)c2cc(F)ccc21. The fraction of sp³-hybridized carbons (Fsp3) is 0.273. The normalized spacial score (nSPS) is 20.1. The summed E-state index contributed by atoms with van der Waals surface area (Å²) in [4.78, 5) is 2.65. The van der Waals surface area contributed by atoms with Gasteiger partial charge in [-0.1, -0.05) is 18.2 Å². The van der Waals surface area contributed by atoms with E-state index in [1.807, 2.05) is 0 Å². The number of nitrogens with zero attached hydrogens (tertiary/aromatic N) is 2. The third-order valence-electron chi connectivity index (χ3n) is 5.98. The summed E-state index contributed by atoms with van der Waals surface area (Å²) >= 11 is 3.35. The summed E-state index contributed by atoms with van der Waals surface area (Å²) in [6.07, 6.45) is 7.04. The van der Waals surface area contributed by atoms with E-state index in [4.69, 9.17) is 0 Å². The van der Waals surface area contributed by atoms with Crippen molar-refractivity contribution in [1.82, 2.24) is 8.87 Å². The van der Waals surface area contributed by atoms with Crippen molar-refractivity contribution in [2.45, 2.75) is 30.2 Å². The van der Waals surface area contributed by atoms with Gasteiger partial charge in [0.15, 0.2) is 0 Å². The van der Waals surface area contributed by atoms with Crippen LogP contribution in [0.1, 0.15) is 24.8 Å². The minimum Gasteiger partial charge on any atom is -0.296 e. The lowest BCUT2D eigenvalue weighted by molar-refractivity contribution is 0.275. The molecule has 0 spiro atoms. The van der Waals surface area contributed by atoms with Crippen LogP contribution in [0.4, 0.5) is 4.39 Å². The molecule has 2 aliphatic heterocycles. The van der Waals surface area contributed by atoms with Gasteiger partial charge >= 0.3 is 0 Å². The standard InChI is InChI=1S/C22H20BrFN2O2S/c23-20-5-1-2-6-22(20)29(27,28)26-14-19(18-13-16(24)7-8-21(18)26)15-9-11-25-10-3-4-17(25)12-15/h1-2,5-9,13-14,17H,3-4,10-12H2/t17-/m1/s1. The first-order chi connectivity index (χ1) is 13.9. The molecule has 5 rings (SSSR count). The smallest absolute Gasteiger partial charge is 0.269 e. The maximum absolute atomic E-state index is 14.1. The fourth-order valence-corrected chi connectivity index (χ4v) is 6.88. The molecule has 2 aliphatic rings. The van der Waals surface area contributed by atoms with Crippen molar-refractivity contribution in [3.8, 4) is 0 Å². The Morgan fingerprint density at radius 3 is 2.79 bits per heavy atom. The Morgan fingerprint density at radius 1 is 1.14 bits per heavy atom. The number of hydrogen-bond donors (Lipinski definition) is 0. The van der Waals surface area contributed by atoms with E-state index in [-0.39, 0.29) is 10.7 Å². The van der Waals surface area contributed by atoms with E-state index in [1.165, 1.54) is 22.5 Å². The van der Waals surface area contributed by atoms with Crippen LogP contribution in [0.2, 0.25) is 0 Å². The number of aromatic nitrogens is 1. The van der Waals surface area contributed by atoms with Crippen LogP contribution in [0.25, 0.3) is 16.5 Å². The number of fused-ring (bicyclic) bond motifs is 2. The van der Waals surface area contributed by atoms with E-state index in [9.17, 15) is 12.8 Å². The lowest BCUT2D eigenvalue weighted by atomic mass is 9.94. The predicted molar refractivity (Wildman–Crippen MR) is 116 cm³/mol. The van der Waals surface area contributed by atoms with Crippen molar-refractivity contribution in [2.75, 3.05) is 13.1 Å². The van der Waals surface area contributed by atoms with Gasteiger partial charge in [-0.15, -0.1) is 0 Å². The van der Waals surface area contributed by atoms with Crippen molar-refractivity contribution < 1.29 is 12.8 Å². The second kappa shape index (κ2) is 7.07. The zero-order valence-electron chi connectivity index (χ0n) is 15.7. The minimum atomic E-state index is -3.83. The molecule has 1 aromatic heterocycles. The summed E-state index contributed by atoms with van der Waals surface area (Å²) in [7, 11) is -3.83. The summed E-state index contributed by atoms with van der Waals surface area (Å²) < 4.78 is 42.8. The van der Waals surface area contributed by atoms with Crippen molar-refractivity contribution in [3.05, 3.63) is 70.6 Å². The highest BCUT2D eigenvalue weighted by molar-refractivity contribution is 9.10. The zero-order valence-corrected chi connectivity index (χ0v) is 18.1. The van der Waals surface area contributed by atoms with E-state index in [0.29, 0.717) is 21.4 Å². The summed E-state index contributed by atoms with van der Waals surface area (Å²) in [6.45, 7) is 1.97. The molecule has 0 bridgehead atoms. The first kappa shape index (κ1) is 19.0. The van der Waals surface area contributed by atoms with E-state index in [2.05, 4.69) is 26.9 Å². The second-order valence-electron chi connectivity index (χ2n) is 7.66. The van der Waals surface area contributed by atoms with Crippen LogP contribution in [0.3, 0.4) is 0 Å². The summed E-state index contributed by atoms with van der Waals surface area (Å²) in [5.74, 6) is -0.367. The highest BCUT2D eigenvalue weighted by atomic mass is 79.9. The maximum Gasteiger partial charge on any atom is 0.269 e. The van der Waals surface area contributed by atoms with Crippen LogP contribution in [0, 0.1) is 5.82 Å². The van der Waals surface area contributed by atoms with Gasteiger partial charge in [0.2, 0.25) is 0 Å². The number of hydrogen-bond acceptors (Lipinski definition) is 3. The van der Waals surface area contributed by atoms with Gasteiger partial charge in [-0.3, -0.25) is 4.90 Å². The van der Waals surface area contributed by atoms with Crippen LogP contribution in [-0.2, 0) is 10.0 Å². The molecule has 0 saturated carbocycles. The fourth-order valence-electron chi connectivity index (χ4n) is 4.54.